The highest BCUT2D eigenvalue weighted by Crippen LogP contribution is 2.32. The summed E-state index contributed by atoms with van der Waals surface area (Å²) in [6, 6.07) is -0.137. The molecule has 22 heavy (non-hydrogen) atoms. The van der Waals surface area contributed by atoms with Crippen LogP contribution in [-0.2, 0) is 10.9 Å². The zero-order valence-corrected chi connectivity index (χ0v) is 13.0. The molecule has 1 unspecified atom stereocenters. The second-order valence-electron chi connectivity index (χ2n) is 5.54. The second kappa shape index (κ2) is 6.70. The first-order valence-corrected chi connectivity index (χ1v) is 6.74. The van der Waals surface area contributed by atoms with Crippen molar-refractivity contribution in [2.24, 2.45) is 5.73 Å². The number of nitrogens with zero attached hydrogens (tertiary/aromatic N) is 1. The van der Waals surface area contributed by atoms with E-state index in [1.54, 1.807) is 20.8 Å². The third-order valence-electron chi connectivity index (χ3n) is 2.50. The first-order valence-electron chi connectivity index (χ1n) is 6.36. The molecule has 1 atom stereocenters. The van der Waals surface area contributed by atoms with Crippen molar-refractivity contribution < 1.29 is 22.7 Å². The maximum Gasteiger partial charge on any atom is 0.417 e. The number of nitrogens with one attached hydrogen (secondary N) is 1. The minimum absolute atomic E-state index is 0.0233. The highest BCUT2D eigenvalue weighted by molar-refractivity contribution is 6.30. The van der Waals surface area contributed by atoms with E-state index in [4.69, 9.17) is 22.1 Å². The average molecular weight is 340 g/mol. The third-order valence-corrected chi connectivity index (χ3v) is 2.81. The summed E-state index contributed by atoms with van der Waals surface area (Å²) in [4.78, 5) is 15.2. The summed E-state index contributed by atoms with van der Waals surface area (Å²) in [5.41, 5.74) is 3.76. The van der Waals surface area contributed by atoms with Crippen molar-refractivity contribution in [1.29, 1.82) is 0 Å². The Hall–Kier alpha value is -1.54. The molecular weight excluding hydrogens is 323 g/mol. The van der Waals surface area contributed by atoms with Crippen molar-refractivity contribution in [2.75, 3.05) is 6.54 Å². The van der Waals surface area contributed by atoms with Crippen LogP contribution < -0.4 is 11.1 Å². The number of carbonyl (C=O) groups excluding carboxylic acids is 1. The van der Waals surface area contributed by atoms with Gasteiger partial charge in [-0.25, -0.2) is 9.78 Å². The highest BCUT2D eigenvalue weighted by Gasteiger charge is 2.33. The summed E-state index contributed by atoms with van der Waals surface area (Å²) in [6.07, 6.45) is -4.76. The number of halogens is 4. The Morgan fingerprint density at radius 1 is 1.45 bits per heavy atom. The van der Waals surface area contributed by atoms with E-state index in [-0.39, 0.29) is 17.3 Å². The first kappa shape index (κ1) is 18.5. The van der Waals surface area contributed by atoms with Gasteiger partial charge in [-0.3, -0.25) is 0 Å². The van der Waals surface area contributed by atoms with Gasteiger partial charge in [0.25, 0.3) is 0 Å². The number of aromatic nitrogens is 1. The van der Waals surface area contributed by atoms with Crippen molar-refractivity contribution in [1.82, 2.24) is 10.3 Å². The molecule has 9 heteroatoms. The molecule has 0 spiro atoms. The standard InChI is InChI=1S/C13H17ClF3N3O2/c1-12(2,3)22-11(21)20-9(5-18)8-4-7(13(15,16)17)6-19-10(8)14/h4,6,9H,5,18H2,1-3H3,(H,20,21). The maximum atomic E-state index is 12.7. The molecule has 1 aromatic rings. The van der Waals surface area contributed by atoms with Gasteiger partial charge in [-0.2, -0.15) is 13.2 Å². The van der Waals surface area contributed by atoms with Crippen molar-refractivity contribution in [3.8, 4) is 0 Å². The molecule has 0 bridgehead atoms. The fourth-order valence-corrected chi connectivity index (χ4v) is 1.81. The number of amides is 1. The molecule has 0 aromatic carbocycles. The van der Waals surface area contributed by atoms with E-state index >= 15 is 0 Å². The SMILES string of the molecule is CC(C)(C)OC(=O)NC(CN)c1cc(C(F)(F)F)cnc1Cl. The van der Waals surface area contributed by atoms with Gasteiger partial charge in [-0.05, 0) is 26.8 Å². The van der Waals surface area contributed by atoms with E-state index in [0.29, 0.717) is 6.20 Å². The largest absolute Gasteiger partial charge is 0.444 e. The molecule has 1 aromatic heterocycles. The van der Waals surface area contributed by atoms with Crippen LogP contribution in [0.3, 0.4) is 0 Å². The normalized spacial score (nSPS) is 13.6. The van der Waals surface area contributed by atoms with Gasteiger partial charge in [-0.15, -0.1) is 0 Å². The van der Waals surface area contributed by atoms with Gasteiger partial charge in [0.1, 0.15) is 10.8 Å². The number of nitrogens with two attached hydrogens (primary N) is 1. The van der Waals surface area contributed by atoms with Gasteiger partial charge in [0.2, 0.25) is 0 Å². The summed E-state index contributed by atoms with van der Waals surface area (Å²) in [6.45, 7) is 4.80. The summed E-state index contributed by atoms with van der Waals surface area (Å²) in [5, 5.41) is 2.21. The van der Waals surface area contributed by atoms with Gasteiger partial charge < -0.3 is 15.8 Å². The number of alkyl carbamates (subject to hydrolysis) is 1. The minimum Gasteiger partial charge on any atom is -0.444 e. The molecule has 0 fully saturated rings. The van der Waals surface area contributed by atoms with Gasteiger partial charge in [0.05, 0.1) is 11.6 Å². The van der Waals surface area contributed by atoms with E-state index in [1.165, 1.54) is 0 Å². The van der Waals surface area contributed by atoms with Crippen LogP contribution in [0.5, 0.6) is 0 Å². The molecule has 1 rings (SSSR count). The quantitative estimate of drug-likeness (QED) is 0.828. The van der Waals surface area contributed by atoms with Crippen LogP contribution in [0, 0.1) is 0 Å². The van der Waals surface area contributed by atoms with Gasteiger partial charge in [0.15, 0.2) is 0 Å². The van der Waals surface area contributed by atoms with Crippen molar-refractivity contribution >= 4 is 17.7 Å². The highest BCUT2D eigenvalue weighted by atomic mass is 35.5. The molecule has 124 valence electrons. The molecule has 0 aliphatic rings. The average Bonchev–Trinajstić information content (AvgIpc) is 2.33. The number of hydrogen-bond donors (Lipinski definition) is 2. The van der Waals surface area contributed by atoms with Crippen LogP contribution in [0.2, 0.25) is 5.15 Å². The van der Waals surface area contributed by atoms with E-state index < -0.39 is 29.5 Å². The van der Waals surface area contributed by atoms with Gasteiger partial charge >= 0.3 is 12.3 Å². The monoisotopic (exact) mass is 339 g/mol. The van der Waals surface area contributed by atoms with Gasteiger partial charge in [-0.1, -0.05) is 11.6 Å². The topological polar surface area (TPSA) is 77.2 Å². The fraction of sp³-hybridized carbons (Fsp3) is 0.538. The predicted octanol–water partition coefficient (Wildman–Crippen LogP) is 3.28. The second-order valence-corrected chi connectivity index (χ2v) is 5.89. The number of carbonyl (C=O) groups is 1. The summed E-state index contributed by atoms with van der Waals surface area (Å²) in [5.74, 6) is 0. The summed E-state index contributed by atoms with van der Waals surface area (Å²) >= 11 is 5.81. The van der Waals surface area contributed by atoms with Gasteiger partial charge in [0, 0.05) is 18.3 Å². The zero-order valence-electron chi connectivity index (χ0n) is 12.3. The Bertz CT molecular complexity index is 544. The maximum absolute atomic E-state index is 12.7. The minimum atomic E-state index is -4.57. The summed E-state index contributed by atoms with van der Waals surface area (Å²) in [7, 11) is 0. The molecule has 0 radical (unpaired) electrons. The van der Waals surface area contributed by atoms with Crippen LogP contribution in [0.25, 0.3) is 0 Å². The lowest BCUT2D eigenvalue weighted by molar-refractivity contribution is -0.137. The van der Waals surface area contributed by atoms with E-state index in [2.05, 4.69) is 10.3 Å². The van der Waals surface area contributed by atoms with Crippen LogP contribution in [0.15, 0.2) is 12.3 Å². The smallest absolute Gasteiger partial charge is 0.417 e. The molecule has 3 N–H and O–H groups in total. The molecule has 0 aliphatic carbocycles. The fourth-order valence-electron chi connectivity index (χ4n) is 1.58. The van der Waals surface area contributed by atoms with E-state index in [0.717, 1.165) is 6.07 Å². The van der Waals surface area contributed by atoms with E-state index in [9.17, 15) is 18.0 Å². The van der Waals surface area contributed by atoms with Crippen molar-refractivity contribution in [3.05, 3.63) is 28.5 Å². The van der Waals surface area contributed by atoms with Crippen LogP contribution in [0.4, 0.5) is 18.0 Å². The number of rotatable bonds is 3. The van der Waals surface area contributed by atoms with Crippen LogP contribution >= 0.6 is 11.6 Å². The molecule has 5 nitrogen and oxygen atoms in total. The lowest BCUT2D eigenvalue weighted by Crippen LogP contribution is -2.38. The lowest BCUT2D eigenvalue weighted by atomic mass is 10.1. The number of hydrogen-bond acceptors (Lipinski definition) is 4. The van der Waals surface area contributed by atoms with Crippen LogP contribution in [0.1, 0.15) is 37.9 Å². The first-order chi connectivity index (χ1) is 9.94. The summed E-state index contributed by atoms with van der Waals surface area (Å²) < 4.78 is 43.2. The van der Waals surface area contributed by atoms with Crippen molar-refractivity contribution in [2.45, 2.75) is 38.6 Å². The number of pyridine rings is 1. The zero-order chi connectivity index (χ0) is 17.1. The molecule has 0 saturated carbocycles. The molecule has 1 heterocycles. The molecule has 0 saturated heterocycles. The molecule has 0 aliphatic heterocycles. The van der Waals surface area contributed by atoms with E-state index in [1.807, 2.05) is 0 Å². The number of ether oxygens (including phenoxy) is 1. The Kier molecular flexibility index (Phi) is 5.64. The number of alkyl halides is 3. The lowest BCUT2D eigenvalue weighted by Gasteiger charge is -2.23. The Balaban J connectivity index is 3.02. The van der Waals surface area contributed by atoms with Crippen molar-refractivity contribution in [3.63, 3.8) is 0 Å². The van der Waals surface area contributed by atoms with Crippen LogP contribution in [-0.4, -0.2) is 23.2 Å². The Morgan fingerprint density at radius 2 is 2.05 bits per heavy atom. The Labute approximate surface area is 131 Å². The Morgan fingerprint density at radius 3 is 2.50 bits per heavy atom. The third kappa shape index (κ3) is 5.34. The molecular formula is C13H17ClF3N3O2. The molecule has 1 amide bonds. The predicted molar refractivity (Wildman–Crippen MR) is 75.4 cm³/mol.